The maximum absolute atomic E-state index is 15.2. The highest BCUT2D eigenvalue weighted by atomic mass is 19.2. The van der Waals surface area contributed by atoms with E-state index in [2.05, 4.69) is 11.7 Å². The Balaban J connectivity index is 1.08. The Kier molecular flexibility index (Phi) is 18.9. The zero-order chi connectivity index (χ0) is 46.7. The number of esters is 1. The molecule has 2 saturated heterocycles. The Morgan fingerprint density at radius 2 is 1.20 bits per heavy atom. The molecule has 0 saturated carbocycles. The van der Waals surface area contributed by atoms with Gasteiger partial charge in [0.15, 0.2) is 41.6 Å². The fourth-order valence-electron chi connectivity index (χ4n) is 8.02. The molecule has 2 aliphatic rings. The van der Waals surface area contributed by atoms with Gasteiger partial charge in [-0.05, 0) is 58.1 Å². The second-order valence-corrected chi connectivity index (χ2v) is 16.1. The Morgan fingerprint density at radius 3 is 1.77 bits per heavy atom. The van der Waals surface area contributed by atoms with Gasteiger partial charge in [-0.2, -0.15) is 17.6 Å². The lowest BCUT2D eigenvalue weighted by molar-refractivity contribution is -0.271. The van der Waals surface area contributed by atoms with E-state index in [0.29, 0.717) is 26.4 Å². The van der Waals surface area contributed by atoms with Crippen LogP contribution in [0.1, 0.15) is 121 Å². The minimum atomic E-state index is -2.51. The molecule has 10 nitrogen and oxygen atoms in total. The second kappa shape index (κ2) is 23.8. The van der Waals surface area contributed by atoms with Crippen LogP contribution in [0.4, 0.5) is 35.1 Å². The molecule has 3 aromatic rings. The number of hydrogen-bond acceptors (Lipinski definition) is 10. The third-order valence-electron chi connectivity index (χ3n) is 11.2. The molecule has 2 fully saturated rings. The van der Waals surface area contributed by atoms with Gasteiger partial charge in [0.2, 0.25) is 29.0 Å². The van der Waals surface area contributed by atoms with E-state index >= 15 is 17.6 Å². The number of aliphatic hydroxyl groups is 1. The summed E-state index contributed by atoms with van der Waals surface area (Å²) in [6.07, 6.45) is 10.5. The maximum Gasteiger partial charge on any atom is 0.347 e. The van der Waals surface area contributed by atoms with Crippen molar-refractivity contribution in [1.29, 1.82) is 0 Å². The molecule has 7 atom stereocenters. The van der Waals surface area contributed by atoms with Crippen molar-refractivity contribution in [3.63, 3.8) is 0 Å². The first-order valence-electron chi connectivity index (χ1n) is 21.7. The van der Waals surface area contributed by atoms with Crippen LogP contribution in [-0.2, 0) is 18.9 Å². The Morgan fingerprint density at radius 1 is 0.688 bits per heavy atom. The van der Waals surface area contributed by atoms with E-state index in [1.807, 2.05) is 6.92 Å². The fourth-order valence-corrected chi connectivity index (χ4v) is 8.02. The van der Waals surface area contributed by atoms with Crippen molar-refractivity contribution < 1.29 is 82.9 Å². The summed E-state index contributed by atoms with van der Waals surface area (Å²) in [5, 5.41) is 10.0. The molecule has 0 aliphatic carbocycles. The molecular formula is C46H56F8O10. The van der Waals surface area contributed by atoms with Crippen LogP contribution in [0.2, 0.25) is 0 Å². The van der Waals surface area contributed by atoms with Gasteiger partial charge in [0, 0.05) is 25.3 Å². The summed E-state index contributed by atoms with van der Waals surface area (Å²) >= 11 is 0. The summed E-state index contributed by atoms with van der Waals surface area (Å²) in [5.74, 6) is -24.1. The molecule has 0 radical (unpaired) electrons. The number of rotatable bonds is 22. The number of ether oxygens (including phenoxy) is 8. The van der Waals surface area contributed by atoms with E-state index in [1.54, 1.807) is 6.92 Å². The Bertz CT molecular complexity index is 1980. The Hall–Kier alpha value is -4.23. The minimum absolute atomic E-state index is 0.0300. The summed E-state index contributed by atoms with van der Waals surface area (Å²) in [4.78, 5) is 13.1. The zero-order valence-electron chi connectivity index (χ0n) is 36.5. The molecule has 0 amide bonds. The number of carbonyl (C=O) groups excluding carboxylic acids is 1. The van der Waals surface area contributed by atoms with Gasteiger partial charge in [-0.15, -0.1) is 0 Å². The van der Waals surface area contributed by atoms with Crippen molar-refractivity contribution >= 4 is 5.97 Å². The van der Waals surface area contributed by atoms with Gasteiger partial charge >= 0.3 is 5.97 Å². The number of aliphatic hydroxyl groups excluding tert-OH is 1. The largest absolute Gasteiger partial charge is 0.497 e. The van der Waals surface area contributed by atoms with Gasteiger partial charge in [0.25, 0.3) is 0 Å². The molecule has 1 N–H and O–H groups in total. The van der Waals surface area contributed by atoms with Crippen molar-refractivity contribution in [2.45, 2.75) is 154 Å². The lowest BCUT2D eigenvalue weighted by Crippen LogP contribution is -2.43. The number of halogens is 8. The first kappa shape index (κ1) is 50.8. The molecule has 5 rings (SSSR count). The lowest BCUT2D eigenvalue weighted by Gasteiger charge is -2.40. The minimum Gasteiger partial charge on any atom is -0.497 e. The van der Waals surface area contributed by atoms with Crippen molar-refractivity contribution in [2.24, 2.45) is 0 Å². The monoisotopic (exact) mass is 920 g/mol. The van der Waals surface area contributed by atoms with Crippen molar-refractivity contribution in [3.8, 4) is 34.1 Å². The van der Waals surface area contributed by atoms with Crippen LogP contribution in [0.3, 0.4) is 0 Å². The van der Waals surface area contributed by atoms with Gasteiger partial charge in [-0.25, -0.2) is 22.4 Å². The van der Waals surface area contributed by atoms with Crippen molar-refractivity contribution in [3.05, 3.63) is 70.3 Å². The van der Waals surface area contributed by atoms with Crippen LogP contribution < -0.4 is 18.9 Å². The summed E-state index contributed by atoms with van der Waals surface area (Å²) in [6.45, 7) is 5.88. The summed E-state index contributed by atoms with van der Waals surface area (Å²) in [7, 11) is 1.98. The lowest BCUT2D eigenvalue weighted by atomic mass is 9.96. The number of hydrogen-bond donors (Lipinski definition) is 1. The number of methoxy groups -OCH3 is 2. The predicted molar refractivity (Wildman–Crippen MR) is 216 cm³/mol. The third-order valence-corrected chi connectivity index (χ3v) is 11.2. The molecule has 0 spiro atoms. The normalized spacial score (nSPS) is 21.7. The predicted octanol–water partition coefficient (Wildman–Crippen LogP) is 11.2. The quantitative estimate of drug-likeness (QED) is 0.0344. The average molecular weight is 921 g/mol. The summed E-state index contributed by atoms with van der Waals surface area (Å²) in [5.41, 5.74) is -4.65. The maximum atomic E-state index is 15.2. The summed E-state index contributed by atoms with van der Waals surface area (Å²) in [6, 6.07) is 3.68. The number of carbonyl (C=O) groups is 1. The van der Waals surface area contributed by atoms with Crippen LogP contribution in [0.25, 0.3) is 11.1 Å². The average Bonchev–Trinajstić information content (AvgIpc) is 3.26. The van der Waals surface area contributed by atoms with Crippen LogP contribution in [0.15, 0.2) is 18.2 Å². The standard InChI is InChI=1S/C46H56F8O10/c1-6-26-20-29(61-25(3)60-26)22-30-21-28(19-24(2)55)62-33(63-30)15-13-11-9-7-8-10-12-14-18-59-32-23-27(57-4)16-17-31(32)46(56)64-45-42(53)38(49)35(39(50)43(45)54)34-36(47)40(51)44(58-5)41(52)37(34)48/h16-17,23-26,28-30,33,55H,6-15,18-22H2,1-5H3. The van der Waals surface area contributed by atoms with Gasteiger partial charge in [-0.1, -0.05) is 45.4 Å². The van der Waals surface area contributed by atoms with Crippen molar-refractivity contribution in [2.75, 3.05) is 20.8 Å². The van der Waals surface area contributed by atoms with E-state index in [0.717, 1.165) is 76.7 Å². The SMILES string of the molecule is CCC1CC(CC2CC(CC(C)O)OC(CCCCCCCCCCOc3cc(OC)ccc3C(=O)Oc3c(F)c(F)c(-c4c(F)c(F)c(OC)c(F)c4F)c(F)c3F)O2)OC(C)O1. The molecule has 18 heteroatoms. The molecule has 0 aromatic heterocycles. The highest BCUT2D eigenvalue weighted by Gasteiger charge is 2.37. The zero-order valence-corrected chi connectivity index (χ0v) is 36.5. The van der Waals surface area contributed by atoms with E-state index < -0.39 is 86.8 Å². The highest BCUT2D eigenvalue weighted by Crippen LogP contribution is 2.42. The van der Waals surface area contributed by atoms with E-state index in [1.165, 1.54) is 19.2 Å². The van der Waals surface area contributed by atoms with Gasteiger partial charge in [0.05, 0.1) is 62.5 Å². The second-order valence-electron chi connectivity index (χ2n) is 16.1. The smallest absolute Gasteiger partial charge is 0.347 e. The van der Waals surface area contributed by atoms with E-state index in [-0.39, 0.29) is 55.1 Å². The first-order valence-corrected chi connectivity index (χ1v) is 21.7. The number of unbranched alkanes of at least 4 members (excludes halogenated alkanes) is 7. The van der Waals surface area contributed by atoms with Crippen LogP contribution in [0.5, 0.6) is 23.0 Å². The highest BCUT2D eigenvalue weighted by molar-refractivity contribution is 5.94. The van der Waals surface area contributed by atoms with E-state index in [9.17, 15) is 27.5 Å². The van der Waals surface area contributed by atoms with Crippen LogP contribution in [0, 0.1) is 46.5 Å². The van der Waals surface area contributed by atoms with Gasteiger partial charge < -0.3 is 43.0 Å². The van der Waals surface area contributed by atoms with E-state index in [4.69, 9.17) is 33.2 Å². The van der Waals surface area contributed by atoms with Crippen LogP contribution in [-0.4, -0.2) is 75.0 Å². The van der Waals surface area contributed by atoms with Gasteiger partial charge in [-0.3, -0.25) is 0 Å². The molecule has 7 unspecified atom stereocenters. The molecule has 3 aromatic carbocycles. The molecule has 64 heavy (non-hydrogen) atoms. The first-order chi connectivity index (χ1) is 30.6. The van der Waals surface area contributed by atoms with Crippen molar-refractivity contribution in [1.82, 2.24) is 0 Å². The molecule has 356 valence electrons. The number of benzene rings is 3. The Labute approximate surface area is 367 Å². The molecule has 0 bridgehead atoms. The van der Waals surface area contributed by atoms with Gasteiger partial charge in [0.1, 0.15) is 17.1 Å². The molecular weight excluding hydrogens is 864 g/mol. The molecule has 2 aliphatic heterocycles. The molecule has 2 heterocycles. The summed E-state index contributed by atoms with van der Waals surface area (Å²) < 4.78 is 163. The third kappa shape index (κ3) is 12.8. The topological polar surface area (TPSA) is 111 Å². The fraction of sp³-hybridized carbons (Fsp3) is 0.587. The van der Waals surface area contributed by atoms with Crippen LogP contribution >= 0.6 is 0 Å².